The van der Waals surface area contributed by atoms with Crippen molar-refractivity contribution in [2.24, 2.45) is 0 Å². The number of fused-ring (bicyclic) bond motifs is 1. The fourth-order valence-electron chi connectivity index (χ4n) is 2.28. The first-order valence-corrected chi connectivity index (χ1v) is 6.51. The largest absolute Gasteiger partial charge is 0.497 e. The number of rotatable bonds is 3. The average molecular weight is 284 g/mol. The number of oxazole rings is 1. The molecular weight excluding hydrogens is 268 g/mol. The van der Waals surface area contributed by atoms with Crippen LogP contribution in [-0.2, 0) is 0 Å². The summed E-state index contributed by atoms with van der Waals surface area (Å²) in [5, 5.41) is 0. The first-order chi connectivity index (χ1) is 10.1. The van der Waals surface area contributed by atoms with Crippen LogP contribution in [0.2, 0.25) is 0 Å². The summed E-state index contributed by atoms with van der Waals surface area (Å²) in [5.74, 6) is 1.88. The molecule has 5 nitrogen and oxygen atoms in total. The van der Waals surface area contributed by atoms with E-state index < -0.39 is 0 Å². The van der Waals surface area contributed by atoms with Crippen molar-refractivity contribution in [1.82, 2.24) is 4.98 Å². The Hall–Kier alpha value is -2.69. The van der Waals surface area contributed by atoms with Crippen molar-refractivity contribution in [3.63, 3.8) is 0 Å². The summed E-state index contributed by atoms with van der Waals surface area (Å²) in [7, 11) is 3.21. The lowest BCUT2D eigenvalue weighted by Gasteiger charge is -2.05. The number of ether oxygens (including phenoxy) is 2. The Morgan fingerprint density at radius 2 is 1.67 bits per heavy atom. The topological polar surface area (TPSA) is 70.5 Å². The average Bonchev–Trinajstić information content (AvgIpc) is 2.91. The van der Waals surface area contributed by atoms with Gasteiger partial charge in [-0.1, -0.05) is 0 Å². The van der Waals surface area contributed by atoms with Gasteiger partial charge in [-0.05, 0) is 36.8 Å². The summed E-state index contributed by atoms with van der Waals surface area (Å²) < 4.78 is 16.4. The van der Waals surface area contributed by atoms with E-state index in [1.807, 2.05) is 25.1 Å². The Morgan fingerprint density at radius 1 is 1.00 bits per heavy atom. The lowest BCUT2D eigenvalue weighted by molar-refractivity contribution is 0.394. The van der Waals surface area contributed by atoms with E-state index in [9.17, 15) is 0 Å². The fraction of sp³-hybridized carbons (Fsp3) is 0.188. The Bertz CT molecular complexity index is 786. The molecule has 108 valence electrons. The number of anilines is 1. The molecule has 0 bridgehead atoms. The van der Waals surface area contributed by atoms with Gasteiger partial charge in [-0.2, -0.15) is 0 Å². The number of hydrogen-bond acceptors (Lipinski definition) is 5. The molecule has 2 aromatic carbocycles. The second kappa shape index (κ2) is 5.01. The van der Waals surface area contributed by atoms with Gasteiger partial charge < -0.3 is 19.6 Å². The molecule has 1 aromatic heterocycles. The number of hydrogen-bond donors (Lipinski definition) is 1. The minimum atomic E-state index is 0.510. The fourth-order valence-corrected chi connectivity index (χ4v) is 2.28. The van der Waals surface area contributed by atoms with Crippen molar-refractivity contribution in [1.29, 1.82) is 0 Å². The Labute approximate surface area is 122 Å². The highest BCUT2D eigenvalue weighted by atomic mass is 16.5. The summed E-state index contributed by atoms with van der Waals surface area (Å²) in [5.41, 5.74) is 9.74. The third kappa shape index (κ3) is 2.38. The van der Waals surface area contributed by atoms with Crippen molar-refractivity contribution < 1.29 is 13.9 Å². The molecule has 0 aliphatic carbocycles. The molecule has 0 saturated heterocycles. The highest BCUT2D eigenvalue weighted by Gasteiger charge is 2.13. The van der Waals surface area contributed by atoms with Crippen LogP contribution in [0.5, 0.6) is 11.5 Å². The van der Waals surface area contributed by atoms with Crippen LogP contribution in [0.4, 0.5) is 5.69 Å². The summed E-state index contributed by atoms with van der Waals surface area (Å²) >= 11 is 0. The quantitative estimate of drug-likeness (QED) is 0.746. The lowest BCUT2D eigenvalue weighted by Crippen LogP contribution is -1.88. The molecule has 0 radical (unpaired) electrons. The molecule has 0 saturated carbocycles. The summed E-state index contributed by atoms with van der Waals surface area (Å²) in [6.07, 6.45) is 0. The highest BCUT2D eigenvalue weighted by Crippen LogP contribution is 2.32. The second-order valence-corrected chi connectivity index (χ2v) is 4.81. The number of aryl methyl sites for hydroxylation is 1. The van der Waals surface area contributed by atoms with Gasteiger partial charge in [0.25, 0.3) is 0 Å². The van der Waals surface area contributed by atoms with Gasteiger partial charge >= 0.3 is 0 Å². The Kier molecular flexibility index (Phi) is 3.17. The molecule has 5 heteroatoms. The zero-order chi connectivity index (χ0) is 15.0. The summed E-state index contributed by atoms with van der Waals surface area (Å²) in [6.45, 7) is 1.94. The maximum atomic E-state index is 5.86. The van der Waals surface area contributed by atoms with Crippen molar-refractivity contribution in [3.8, 4) is 23.0 Å². The number of nitrogens with two attached hydrogens (primary N) is 1. The van der Waals surface area contributed by atoms with Crippen LogP contribution in [0, 0.1) is 6.92 Å². The van der Waals surface area contributed by atoms with Crippen LogP contribution in [0.1, 0.15) is 5.56 Å². The standard InChI is InChI=1S/C16H16N2O3/c1-9-4-11(17)7-14-15(9)21-16(18-14)10-5-12(19-2)8-13(6-10)20-3/h4-8H,17H2,1-3H3. The SMILES string of the molecule is COc1cc(OC)cc(-c2nc3cc(N)cc(C)c3o2)c1. The van der Waals surface area contributed by atoms with Gasteiger partial charge in [-0.15, -0.1) is 0 Å². The predicted octanol–water partition coefficient (Wildman–Crippen LogP) is 3.40. The molecule has 0 amide bonds. The normalized spacial score (nSPS) is 10.8. The van der Waals surface area contributed by atoms with E-state index in [0.29, 0.717) is 23.1 Å². The van der Waals surface area contributed by atoms with E-state index in [1.165, 1.54) is 0 Å². The van der Waals surface area contributed by atoms with Crippen LogP contribution >= 0.6 is 0 Å². The van der Waals surface area contributed by atoms with Crippen LogP contribution in [-0.4, -0.2) is 19.2 Å². The van der Waals surface area contributed by atoms with Crippen LogP contribution in [0.25, 0.3) is 22.6 Å². The molecule has 3 rings (SSSR count). The number of methoxy groups -OCH3 is 2. The first-order valence-electron chi connectivity index (χ1n) is 6.51. The third-order valence-corrected chi connectivity index (χ3v) is 3.30. The smallest absolute Gasteiger partial charge is 0.227 e. The van der Waals surface area contributed by atoms with Crippen LogP contribution in [0.15, 0.2) is 34.7 Å². The van der Waals surface area contributed by atoms with E-state index in [2.05, 4.69) is 4.98 Å². The van der Waals surface area contributed by atoms with Crippen molar-refractivity contribution in [3.05, 3.63) is 35.9 Å². The molecule has 3 aromatic rings. The van der Waals surface area contributed by atoms with Gasteiger partial charge in [0.1, 0.15) is 17.0 Å². The predicted molar refractivity (Wildman–Crippen MR) is 81.7 cm³/mol. The van der Waals surface area contributed by atoms with Crippen LogP contribution < -0.4 is 15.2 Å². The van der Waals surface area contributed by atoms with Gasteiger partial charge in [0.15, 0.2) is 5.58 Å². The van der Waals surface area contributed by atoms with Gasteiger partial charge in [0.05, 0.1) is 14.2 Å². The Morgan fingerprint density at radius 3 is 2.29 bits per heavy atom. The molecule has 0 aliphatic heterocycles. The summed E-state index contributed by atoms with van der Waals surface area (Å²) in [4.78, 5) is 4.50. The molecule has 2 N–H and O–H groups in total. The molecule has 0 spiro atoms. The van der Waals surface area contributed by atoms with E-state index in [4.69, 9.17) is 19.6 Å². The monoisotopic (exact) mass is 284 g/mol. The maximum absolute atomic E-state index is 5.86. The van der Waals surface area contributed by atoms with Gasteiger partial charge in [0, 0.05) is 17.3 Å². The van der Waals surface area contributed by atoms with E-state index in [-0.39, 0.29) is 0 Å². The number of benzene rings is 2. The van der Waals surface area contributed by atoms with Crippen molar-refractivity contribution in [2.75, 3.05) is 20.0 Å². The highest BCUT2D eigenvalue weighted by molar-refractivity contribution is 5.82. The summed E-state index contributed by atoms with van der Waals surface area (Å²) in [6, 6.07) is 9.17. The molecule has 1 heterocycles. The van der Waals surface area contributed by atoms with Crippen molar-refractivity contribution in [2.45, 2.75) is 6.92 Å². The van der Waals surface area contributed by atoms with Crippen LogP contribution in [0.3, 0.4) is 0 Å². The van der Waals surface area contributed by atoms with Gasteiger partial charge in [-0.25, -0.2) is 4.98 Å². The minimum absolute atomic E-state index is 0.510. The molecule has 0 aliphatic rings. The zero-order valence-electron chi connectivity index (χ0n) is 12.1. The van der Waals surface area contributed by atoms with E-state index in [1.54, 1.807) is 26.4 Å². The zero-order valence-corrected chi connectivity index (χ0v) is 12.1. The maximum Gasteiger partial charge on any atom is 0.227 e. The molecular formula is C16H16N2O3. The molecule has 0 atom stereocenters. The van der Waals surface area contributed by atoms with Crippen molar-refractivity contribution >= 4 is 16.8 Å². The molecule has 0 fully saturated rings. The number of aromatic nitrogens is 1. The molecule has 21 heavy (non-hydrogen) atoms. The Balaban J connectivity index is 2.18. The number of nitrogens with zero attached hydrogens (tertiary/aromatic N) is 1. The van der Waals surface area contributed by atoms with Gasteiger partial charge in [0.2, 0.25) is 5.89 Å². The number of nitrogen functional groups attached to an aromatic ring is 1. The lowest BCUT2D eigenvalue weighted by atomic mass is 10.2. The second-order valence-electron chi connectivity index (χ2n) is 4.81. The third-order valence-electron chi connectivity index (χ3n) is 3.30. The van der Waals surface area contributed by atoms with E-state index >= 15 is 0 Å². The van der Waals surface area contributed by atoms with Gasteiger partial charge in [-0.3, -0.25) is 0 Å². The van der Waals surface area contributed by atoms with E-state index in [0.717, 1.165) is 22.2 Å². The molecule has 0 unspecified atom stereocenters. The first kappa shape index (κ1) is 13.3. The minimum Gasteiger partial charge on any atom is -0.497 e.